The average Bonchev–Trinajstić information content (AvgIpc) is 2.67. The quantitative estimate of drug-likeness (QED) is 0.831. The Balaban J connectivity index is 2.34. The number of aromatic amines is 1. The summed E-state index contributed by atoms with van der Waals surface area (Å²) in [6.07, 6.45) is 1.79. The van der Waals surface area contributed by atoms with Crippen LogP contribution in [0.1, 0.15) is 5.82 Å². The fourth-order valence-electron chi connectivity index (χ4n) is 1.21. The topological polar surface area (TPSA) is 28.7 Å². The molecule has 0 atom stereocenters. The third-order valence-electron chi connectivity index (χ3n) is 1.91. The van der Waals surface area contributed by atoms with E-state index >= 15 is 0 Å². The van der Waals surface area contributed by atoms with E-state index in [1.165, 1.54) is 0 Å². The molecule has 1 aromatic carbocycles. The van der Waals surface area contributed by atoms with Crippen LogP contribution < -0.4 is 0 Å². The van der Waals surface area contributed by atoms with Crippen LogP contribution in [0, 0.1) is 0 Å². The summed E-state index contributed by atoms with van der Waals surface area (Å²) in [5, 5.41) is 0. The van der Waals surface area contributed by atoms with Gasteiger partial charge in [0.25, 0.3) is 0 Å². The Morgan fingerprint density at radius 1 is 1.29 bits per heavy atom. The number of H-pyrrole nitrogens is 1. The third kappa shape index (κ3) is 1.99. The molecule has 0 amide bonds. The van der Waals surface area contributed by atoms with Gasteiger partial charge < -0.3 is 4.98 Å². The van der Waals surface area contributed by atoms with Gasteiger partial charge in [0.2, 0.25) is 0 Å². The number of imidazole rings is 1. The van der Waals surface area contributed by atoms with E-state index in [2.05, 4.69) is 25.9 Å². The number of rotatable bonds is 2. The highest BCUT2D eigenvalue weighted by atomic mass is 79.9. The summed E-state index contributed by atoms with van der Waals surface area (Å²) in [7, 11) is 0. The molecule has 0 saturated heterocycles. The van der Waals surface area contributed by atoms with Gasteiger partial charge in [-0.05, 0) is 17.7 Å². The van der Waals surface area contributed by atoms with Crippen molar-refractivity contribution in [1.82, 2.24) is 9.97 Å². The molecule has 0 spiro atoms. The average molecular weight is 272 g/mol. The normalized spacial score (nSPS) is 10.4. The maximum Gasteiger partial charge on any atom is 0.121 e. The number of nitrogens with zero attached hydrogens (tertiary/aromatic N) is 1. The van der Waals surface area contributed by atoms with Gasteiger partial charge in [-0.1, -0.05) is 28.1 Å². The van der Waals surface area contributed by atoms with E-state index in [9.17, 15) is 0 Å². The highest BCUT2D eigenvalue weighted by Crippen LogP contribution is 2.20. The molecule has 0 unspecified atom stereocenters. The van der Waals surface area contributed by atoms with Crippen LogP contribution in [0.5, 0.6) is 0 Å². The number of nitrogens with one attached hydrogen (secondary N) is 1. The Bertz CT molecular complexity index is 422. The standard InChI is InChI=1S/C10H8BrClN2/c11-8-3-1-7(2-4-8)9-6-13-10(5-12)14-9/h1-4,6H,5H2,(H,13,14). The number of halogens is 2. The minimum absolute atomic E-state index is 0.413. The van der Waals surface area contributed by atoms with Crippen LogP contribution in [-0.4, -0.2) is 9.97 Å². The van der Waals surface area contributed by atoms with E-state index in [-0.39, 0.29) is 0 Å². The zero-order valence-corrected chi connectivity index (χ0v) is 9.64. The minimum atomic E-state index is 0.413. The fourth-order valence-corrected chi connectivity index (χ4v) is 1.61. The van der Waals surface area contributed by atoms with E-state index in [0.717, 1.165) is 21.6 Å². The Morgan fingerprint density at radius 3 is 2.57 bits per heavy atom. The first-order chi connectivity index (χ1) is 6.79. The summed E-state index contributed by atoms with van der Waals surface area (Å²) in [4.78, 5) is 7.27. The fraction of sp³-hybridized carbons (Fsp3) is 0.100. The van der Waals surface area contributed by atoms with Gasteiger partial charge in [0.05, 0.1) is 17.8 Å². The number of benzene rings is 1. The number of aromatic nitrogens is 2. The molecule has 0 saturated carbocycles. The summed E-state index contributed by atoms with van der Waals surface area (Å²) >= 11 is 9.04. The Hall–Kier alpha value is -0.800. The molecule has 14 heavy (non-hydrogen) atoms. The van der Waals surface area contributed by atoms with Crippen molar-refractivity contribution < 1.29 is 0 Å². The van der Waals surface area contributed by atoms with Crippen LogP contribution >= 0.6 is 27.5 Å². The summed E-state index contributed by atoms with van der Waals surface area (Å²) < 4.78 is 1.07. The smallest absolute Gasteiger partial charge is 0.121 e. The molecule has 0 aliphatic carbocycles. The van der Waals surface area contributed by atoms with Crippen LogP contribution in [-0.2, 0) is 5.88 Å². The maximum absolute atomic E-state index is 5.65. The van der Waals surface area contributed by atoms with Gasteiger partial charge in [0, 0.05) is 4.47 Å². The molecule has 4 heteroatoms. The van der Waals surface area contributed by atoms with Gasteiger partial charge in [0.1, 0.15) is 5.82 Å². The van der Waals surface area contributed by atoms with Gasteiger partial charge in [-0.25, -0.2) is 4.98 Å². The van der Waals surface area contributed by atoms with Crippen LogP contribution in [0.15, 0.2) is 34.9 Å². The first-order valence-corrected chi connectivity index (χ1v) is 5.48. The zero-order valence-electron chi connectivity index (χ0n) is 7.30. The minimum Gasteiger partial charge on any atom is -0.341 e. The zero-order chi connectivity index (χ0) is 9.97. The van der Waals surface area contributed by atoms with Gasteiger partial charge >= 0.3 is 0 Å². The van der Waals surface area contributed by atoms with E-state index < -0.39 is 0 Å². The Kier molecular flexibility index (Phi) is 2.89. The van der Waals surface area contributed by atoms with Crippen molar-refractivity contribution in [3.05, 3.63) is 40.8 Å². The Labute approximate surface area is 95.5 Å². The predicted molar refractivity (Wildman–Crippen MR) is 61.3 cm³/mol. The third-order valence-corrected chi connectivity index (χ3v) is 2.69. The van der Waals surface area contributed by atoms with Crippen LogP contribution in [0.2, 0.25) is 0 Å². The first-order valence-electron chi connectivity index (χ1n) is 4.15. The second kappa shape index (κ2) is 4.15. The summed E-state index contributed by atoms with van der Waals surface area (Å²) in [5.74, 6) is 1.21. The molecular formula is C10H8BrClN2. The molecule has 0 radical (unpaired) electrons. The lowest BCUT2D eigenvalue weighted by Crippen LogP contribution is -1.80. The molecule has 2 rings (SSSR count). The molecule has 1 heterocycles. The molecule has 1 N–H and O–H groups in total. The van der Waals surface area contributed by atoms with Crippen molar-refractivity contribution in [1.29, 1.82) is 0 Å². The molecule has 0 aliphatic heterocycles. The van der Waals surface area contributed by atoms with Crippen molar-refractivity contribution in [3.8, 4) is 11.3 Å². The molecule has 0 aliphatic rings. The molecule has 2 nitrogen and oxygen atoms in total. The number of alkyl halides is 1. The number of hydrogen-bond donors (Lipinski definition) is 1. The second-order valence-corrected chi connectivity index (χ2v) is 4.07. The van der Waals surface area contributed by atoms with Gasteiger partial charge in [-0.2, -0.15) is 0 Å². The van der Waals surface area contributed by atoms with Gasteiger partial charge in [-0.3, -0.25) is 0 Å². The molecule has 0 fully saturated rings. The largest absolute Gasteiger partial charge is 0.341 e. The van der Waals surface area contributed by atoms with Crippen LogP contribution in [0.25, 0.3) is 11.3 Å². The highest BCUT2D eigenvalue weighted by molar-refractivity contribution is 9.10. The Morgan fingerprint density at radius 2 is 2.00 bits per heavy atom. The van der Waals surface area contributed by atoms with Crippen LogP contribution in [0.4, 0.5) is 0 Å². The lowest BCUT2D eigenvalue weighted by atomic mass is 10.2. The summed E-state index contributed by atoms with van der Waals surface area (Å²) in [6, 6.07) is 8.04. The van der Waals surface area contributed by atoms with Crippen molar-refractivity contribution >= 4 is 27.5 Å². The molecule has 2 aromatic rings. The lowest BCUT2D eigenvalue weighted by molar-refractivity contribution is 1.12. The maximum atomic E-state index is 5.65. The summed E-state index contributed by atoms with van der Waals surface area (Å²) in [5.41, 5.74) is 2.10. The van der Waals surface area contributed by atoms with Crippen LogP contribution in [0.3, 0.4) is 0 Å². The van der Waals surface area contributed by atoms with Crippen molar-refractivity contribution in [2.75, 3.05) is 0 Å². The molecule has 72 valence electrons. The van der Waals surface area contributed by atoms with Gasteiger partial charge in [-0.15, -0.1) is 11.6 Å². The predicted octanol–water partition coefficient (Wildman–Crippen LogP) is 3.58. The lowest BCUT2D eigenvalue weighted by Gasteiger charge is -1.96. The monoisotopic (exact) mass is 270 g/mol. The molecule has 1 aromatic heterocycles. The van der Waals surface area contributed by atoms with Gasteiger partial charge in [0.15, 0.2) is 0 Å². The summed E-state index contributed by atoms with van der Waals surface area (Å²) in [6.45, 7) is 0. The molecule has 0 bridgehead atoms. The molecular weight excluding hydrogens is 263 g/mol. The SMILES string of the molecule is ClCc1ncc(-c2ccc(Br)cc2)[nH]1. The van der Waals surface area contributed by atoms with E-state index in [4.69, 9.17) is 11.6 Å². The van der Waals surface area contributed by atoms with E-state index in [0.29, 0.717) is 5.88 Å². The number of hydrogen-bond acceptors (Lipinski definition) is 1. The van der Waals surface area contributed by atoms with Crippen molar-refractivity contribution in [3.63, 3.8) is 0 Å². The van der Waals surface area contributed by atoms with E-state index in [1.54, 1.807) is 6.20 Å². The second-order valence-electron chi connectivity index (χ2n) is 2.88. The van der Waals surface area contributed by atoms with Crippen molar-refractivity contribution in [2.24, 2.45) is 0 Å². The first kappa shape index (κ1) is 9.74. The highest BCUT2D eigenvalue weighted by Gasteiger charge is 2.01. The van der Waals surface area contributed by atoms with E-state index in [1.807, 2.05) is 24.3 Å². The van der Waals surface area contributed by atoms with Crippen molar-refractivity contribution in [2.45, 2.75) is 5.88 Å².